The first-order chi connectivity index (χ1) is 12.1. The van der Waals surface area contributed by atoms with Gasteiger partial charge in [-0.25, -0.2) is 0 Å². The first-order valence-electron chi connectivity index (χ1n) is 9.46. The highest BCUT2D eigenvalue weighted by molar-refractivity contribution is 5.20. The van der Waals surface area contributed by atoms with Crippen molar-refractivity contribution in [3.05, 3.63) is 35.9 Å². The first-order valence-corrected chi connectivity index (χ1v) is 9.46. The van der Waals surface area contributed by atoms with E-state index >= 15 is 0 Å². The fourth-order valence-corrected chi connectivity index (χ4v) is 4.43. The van der Waals surface area contributed by atoms with Crippen molar-refractivity contribution in [2.75, 3.05) is 19.8 Å². The average Bonchev–Trinajstić information content (AvgIpc) is 3.15. The van der Waals surface area contributed by atoms with Crippen LogP contribution in [0.5, 0.6) is 0 Å². The Morgan fingerprint density at radius 1 is 1.12 bits per heavy atom. The van der Waals surface area contributed by atoms with E-state index in [1.54, 1.807) is 0 Å². The van der Waals surface area contributed by atoms with Gasteiger partial charge in [0.05, 0.1) is 32.0 Å². The van der Waals surface area contributed by atoms with Crippen LogP contribution in [0.2, 0.25) is 0 Å². The molecule has 5 atom stereocenters. The summed E-state index contributed by atoms with van der Waals surface area (Å²) in [5.74, 6) is 0.247. The average molecular weight is 349 g/mol. The van der Waals surface area contributed by atoms with Gasteiger partial charge in [-0.15, -0.1) is 0 Å². The van der Waals surface area contributed by atoms with Crippen LogP contribution in [0.4, 0.5) is 0 Å². The second-order valence-corrected chi connectivity index (χ2v) is 7.40. The van der Waals surface area contributed by atoms with E-state index in [-0.39, 0.29) is 37.0 Å². The molecule has 0 amide bonds. The lowest BCUT2D eigenvalue weighted by Crippen LogP contribution is -2.57. The molecule has 0 bridgehead atoms. The molecule has 3 rings (SSSR count). The Hall–Kier alpha value is -0.980. The summed E-state index contributed by atoms with van der Waals surface area (Å²) in [4.78, 5) is 2.31. The molecule has 0 aliphatic carbocycles. The Bertz CT molecular complexity index is 520. The Balaban J connectivity index is 1.78. The fourth-order valence-electron chi connectivity index (χ4n) is 4.43. The zero-order valence-corrected chi connectivity index (χ0v) is 15.3. The minimum Gasteiger partial charge on any atom is -0.394 e. The van der Waals surface area contributed by atoms with Crippen LogP contribution in [0, 0.1) is 5.92 Å². The standard InChI is InChI=1S/C20H31NO4/c1-14-12-17(8-9-19-24-10-11-25-19)21(15(2)20(14)23)18(13-22)16-6-4-3-5-7-16/h3-7,14-15,17-20,22-23H,8-13H2,1-2H3/t14-,15+,17+,18+,20+/m1/s1. The normalized spacial score (nSPS) is 32.8. The SMILES string of the molecule is C[C@@H]1C[C@H](CCC2OCCO2)N([C@@H](CO)c2ccccc2)[C@@H](C)[C@H]1O. The first kappa shape index (κ1) is 18.8. The van der Waals surface area contributed by atoms with E-state index in [0.717, 1.165) is 24.8 Å². The Morgan fingerprint density at radius 2 is 1.80 bits per heavy atom. The molecule has 2 fully saturated rings. The molecule has 2 aliphatic heterocycles. The molecule has 2 N–H and O–H groups in total. The second-order valence-electron chi connectivity index (χ2n) is 7.40. The summed E-state index contributed by atoms with van der Waals surface area (Å²) in [5, 5.41) is 20.8. The molecular weight excluding hydrogens is 318 g/mol. The monoisotopic (exact) mass is 349 g/mol. The largest absolute Gasteiger partial charge is 0.394 e. The van der Waals surface area contributed by atoms with Gasteiger partial charge in [0.25, 0.3) is 0 Å². The van der Waals surface area contributed by atoms with Crippen LogP contribution >= 0.6 is 0 Å². The number of nitrogens with zero attached hydrogens (tertiary/aromatic N) is 1. The van der Waals surface area contributed by atoms with Crippen LogP contribution in [-0.2, 0) is 9.47 Å². The van der Waals surface area contributed by atoms with E-state index in [1.165, 1.54) is 0 Å². The van der Waals surface area contributed by atoms with Crippen molar-refractivity contribution in [2.24, 2.45) is 5.92 Å². The third-order valence-corrected chi connectivity index (χ3v) is 5.76. The molecule has 25 heavy (non-hydrogen) atoms. The molecule has 1 aromatic rings. The zero-order valence-electron chi connectivity index (χ0n) is 15.3. The predicted octanol–water partition coefficient (Wildman–Crippen LogP) is 2.33. The van der Waals surface area contributed by atoms with Crippen molar-refractivity contribution < 1.29 is 19.7 Å². The maximum absolute atomic E-state index is 10.6. The Morgan fingerprint density at radius 3 is 2.44 bits per heavy atom. The molecule has 2 aliphatic rings. The number of aliphatic hydroxyl groups is 2. The number of hydrogen-bond donors (Lipinski definition) is 2. The molecule has 140 valence electrons. The summed E-state index contributed by atoms with van der Waals surface area (Å²) < 4.78 is 11.2. The number of aliphatic hydroxyl groups excluding tert-OH is 2. The van der Waals surface area contributed by atoms with Crippen LogP contribution in [-0.4, -0.2) is 59.4 Å². The van der Waals surface area contributed by atoms with E-state index in [9.17, 15) is 10.2 Å². The zero-order chi connectivity index (χ0) is 17.8. The lowest BCUT2D eigenvalue weighted by atomic mass is 9.81. The van der Waals surface area contributed by atoms with Gasteiger partial charge in [0, 0.05) is 12.1 Å². The molecule has 2 saturated heterocycles. The molecule has 0 spiro atoms. The van der Waals surface area contributed by atoms with Crippen LogP contribution in [0.25, 0.3) is 0 Å². The van der Waals surface area contributed by atoms with Gasteiger partial charge < -0.3 is 19.7 Å². The number of hydrogen-bond acceptors (Lipinski definition) is 5. The number of likely N-dealkylation sites (tertiary alicyclic amines) is 1. The molecule has 1 aromatic carbocycles. The highest BCUT2D eigenvalue weighted by atomic mass is 16.7. The van der Waals surface area contributed by atoms with Crippen LogP contribution in [0.3, 0.4) is 0 Å². The van der Waals surface area contributed by atoms with Gasteiger partial charge in [-0.1, -0.05) is 37.3 Å². The molecular formula is C20H31NO4. The molecule has 5 nitrogen and oxygen atoms in total. The van der Waals surface area contributed by atoms with Crippen LogP contribution in [0.15, 0.2) is 30.3 Å². The number of ether oxygens (including phenoxy) is 2. The highest BCUT2D eigenvalue weighted by Crippen LogP contribution is 2.37. The van der Waals surface area contributed by atoms with E-state index in [4.69, 9.17) is 9.47 Å². The van der Waals surface area contributed by atoms with Gasteiger partial charge in [0.2, 0.25) is 0 Å². The van der Waals surface area contributed by atoms with Gasteiger partial charge in [0.15, 0.2) is 6.29 Å². The van der Waals surface area contributed by atoms with Gasteiger partial charge >= 0.3 is 0 Å². The lowest BCUT2D eigenvalue weighted by Gasteiger charge is -2.50. The molecule has 0 aromatic heterocycles. The highest BCUT2D eigenvalue weighted by Gasteiger charge is 2.41. The third kappa shape index (κ3) is 4.23. The maximum Gasteiger partial charge on any atom is 0.157 e. The smallest absolute Gasteiger partial charge is 0.157 e. The minimum absolute atomic E-state index is 0.00322. The minimum atomic E-state index is -0.381. The summed E-state index contributed by atoms with van der Waals surface area (Å²) in [6.07, 6.45) is 2.22. The van der Waals surface area contributed by atoms with Crippen molar-refractivity contribution in [2.45, 2.75) is 63.6 Å². The van der Waals surface area contributed by atoms with E-state index in [0.29, 0.717) is 19.3 Å². The predicted molar refractivity (Wildman–Crippen MR) is 96.1 cm³/mol. The van der Waals surface area contributed by atoms with Gasteiger partial charge in [-0.3, -0.25) is 4.90 Å². The van der Waals surface area contributed by atoms with Crippen LogP contribution < -0.4 is 0 Å². The van der Waals surface area contributed by atoms with Gasteiger partial charge in [-0.05, 0) is 37.7 Å². The Kier molecular flexibility index (Phi) is 6.47. The fraction of sp³-hybridized carbons (Fsp3) is 0.700. The summed E-state index contributed by atoms with van der Waals surface area (Å²) >= 11 is 0. The van der Waals surface area contributed by atoms with E-state index in [2.05, 4.69) is 30.9 Å². The number of benzene rings is 1. The summed E-state index contributed by atoms with van der Waals surface area (Å²) in [5.41, 5.74) is 1.09. The molecule has 0 saturated carbocycles. The molecule has 5 heteroatoms. The number of piperidine rings is 1. The van der Waals surface area contributed by atoms with E-state index in [1.807, 2.05) is 18.2 Å². The summed E-state index contributed by atoms with van der Waals surface area (Å²) in [6, 6.07) is 10.3. The Labute approximate surface area is 150 Å². The summed E-state index contributed by atoms with van der Waals surface area (Å²) in [7, 11) is 0. The second kappa shape index (κ2) is 8.60. The van der Waals surface area contributed by atoms with Crippen molar-refractivity contribution in [3.8, 4) is 0 Å². The molecule has 2 heterocycles. The third-order valence-electron chi connectivity index (χ3n) is 5.76. The molecule has 0 radical (unpaired) electrons. The van der Waals surface area contributed by atoms with Crippen molar-refractivity contribution in [3.63, 3.8) is 0 Å². The number of rotatable bonds is 6. The quantitative estimate of drug-likeness (QED) is 0.825. The maximum atomic E-state index is 10.6. The van der Waals surface area contributed by atoms with Crippen molar-refractivity contribution >= 4 is 0 Å². The van der Waals surface area contributed by atoms with E-state index < -0.39 is 0 Å². The van der Waals surface area contributed by atoms with Crippen molar-refractivity contribution in [1.82, 2.24) is 4.90 Å². The topological polar surface area (TPSA) is 62.2 Å². The lowest BCUT2D eigenvalue weighted by molar-refractivity contribution is -0.0925. The van der Waals surface area contributed by atoms with Crippen LogP contribution in [0.1, 0.15) is 44.7 Å². The summed E-state index contributed by atoms with van der Waals surface area (Å²) in [6.45, 7) is 5.58. The van der Waals surface area contributed by atoms with Crippen molar-refractivity contribution in [1.29, 1.82) is 0 Å². The molecule has 0 unspecified atom stereocenters. The van der Waals surface area contributed by atoms with Gasteiger partial charge in [-0.2, -0.15) is 0 Å². The van der Waals surface area contributed by atoms with Gasteiger partial charge in [0.1, 0.15) is 0 Å².